The lowest BCUT2D eigenvalue weighted by Crippen LogP contribution is -2.03. The molecule has 0 saturated heterocycles. The first-order valence-corrected chi connectivity index (χ1v) is 4.32. The van der Waals surface area contributed by atoms with Gasteiger partial charge in [-0.25, -0.2) is 0 Å². The van der Waals surface area contributed by atoms with Gasteiger partial charge in [-0.15, -0.1) is 6.58 Å². The van der Waals surface area contributed by atoms with Gasteiger partial charge in [-0.3, -0.25) is 0 Å². The zero-order chi connectivity index (χ0) is 9.10. The Labute approximate surface area is 78.3 Å². The molecule has 0 fully saturated rings. The molecule has 0 amide bonds. The first kappa shape index (κ1) is 8.11. The van der Waals surface area contributed by atoms with Crippen LogP contribution in [0.4, 0.5) is 0 Å². The highest BCUT2D eigenvalue weighted by molar-refractivity contribution is 5.40. The second-order valence-electron chi connectivity index (χ2n) is 2.92. The van der Waals surface area contributed by atoms with Crippen molar-refractivity contribution in [3.8, 4) is 5.75 Å². The Kier molecular flexibility index (Phi) is 2.17. The molecule has 13 heavy (non-hydrogen) atoms. The molecule has 65 valence electrons. The van der Waals surface area contributed by atoms with E-state index in [1.54, 1.807) is 6.08 Å². The van der Waals surface area contributed by atoms with Crippen LogP contribution < -0.4 is 4.74 Å². The summed E-state index contributed by atoms with van der Waals surface area (Å²) in [5, 5.41) is 0. The lowest BCUT2D eigenvalue weighted by atomic mass is 10.1. The number of rotatable bonds is 2. The maximum Gasteiger partial charge on any atom is 0.130 e. The molecule has 1 nitrogen and oxygen atoms in total. The average molecular weight is 171 g/mol. The second-order valence-corrected chi connectivity index (χ2v) is 2.92. The molecule has 0 N–H and O–H groups in total. The second kappa shape index (κ2) is 3.48. The number of hydrogen-bond acceptors (Lipinski definition) is 1. The third-order valence-corrected chi connectivity index (χ3v) is 2.01. The molecule has 1 aromatic rings. The monoisotopic (exact) mass is 171 g/mol. The zero-order valence-electron chi connectivity index (χ0n) is 7.36. The Bertz CT molecular complexity index is 350. The van der Waals surface area contributed by atoms with Gasteiger partial charge in [-0.05, 0) is 24.1 Å². The molecular weight excluding hydrogens is 160 g/mol. The zero-order valence-corrected chi connectivity index (χ0v) is 7.36. The van der Waals surface area contributed by atoms with Crippen molar-refractivity contribution in [1.82, 2.24) is 0 Å². The van der Waals surface area contributed by atoms with Crippen molar-refractivity contribution < 1.29 is 4.74 Å². The lowest BCUT2D eigenvalue weighted by molar-refractivity contribution is 0.421. The molecule has 0 saturated carbocycles. The van der Waals surface area contributed by atoms with E-state index in [1.807, 2.05) is 24.6 Å². The predicted molar refractivity (Wildman–Crippen MR) is 53.4 cm³/mol. The number of allylic oxidation sites excluding steroid dienone is 2. The minimum Gasteiger partial charge on any atom is -0.461 e. The fourth-order valence-corrected chi connectivity index (χ4v) is 1.37. The quantitative estimate of drug-likeness (QED) is 0.664. The van der Waals surface area contributed by atoms with Gasteiger partial charge in [0.25, 0.3) is 0 Å². The van der Waals surface area contributed by atoms with Gasteiger partial charge < -0.3 is 4.74 Å². The van der Waals surface area contributed by atoms with Gasteiger partial charge >= 0.3 is 0 Å². The van der Waals surface area contributed by atoms with Crippen LogP contribution in [0.2, 0.25) is 0 Å². The fourth-order valence-electron chi connectivity index (χ4n) is 1.37. The van der Waals surface area contributed by atoms with Crippen LogP contribution in [0.1, 0.15) is 5.56 Å². The molecule has 0 bridgehead atoms. The van der Waals surface area contributed by atoms with Gasteiger partial charge in [-0.2, -0.15) is 0 Å². The summed E-state index contributed by atoms with van der Waals surface area (Å²) in [5.74, 6) is 1.84. The third kappa shape index (κ3) is 1.64. The lowest BCUT2D eigenvalue weighted by Gasteiger charge is -2.16. The van der Waals surface area contributed by atoms with E-state index in [0.29, 0.717) is 0 Å². The Morgan fingerprint density at radius 1 is 1.31 bits per heavy atom. The highest BCUT2D eigenvalue weighted by Crippen LogP contribution is 2.26. The first-order chi connectivity index (χ1) is 6.40. The van der Waals surface area contributed by atoms with Crippen molar-refractivity contribution in [3.05, 3.63) is 60.7 Å². The van der Waals surface area contributed by atoms with E-state index in [2.05, 4.69) is 18.7 Å². The minimum absolute atomic E-state index is 0.883. The van der Waals surface area contributed by atoms with Crippen molar-refractivity contribution in [2.45, 2.75) is 6.42 Å². The highest BCUT2D eigenvalue weighted by Gasteiger charge is 2.09. The molecule has 1 heteroatoms. The van der Waals surface area contributed by atoms with E-state index in [9.17, 15) is 0 Å². The summed E-state index contributed by atoms with van der Waals surface area (Å²) in [5.41, 5.74) is 1.24. The smallest absolute Gasteiger partial charge is 0.130 e. The SMILES string of the molecule is C=C[CH]C1=CCc2ccccc2O1. The summed E-state index contributed by atoms with van der Waals surface area (Å²) in [7, 11) is 0. The van der Waals surface area contributed by atoms with Crippen molar-refractivity contribution in [2.75, 3.05) is 0 Å². The molecule has 2 rings (SSSR count). The first-order valence-electron chi connectivity index (χ1n) is 4.32. The normalized spacial score (nSPS) is 14.0. The van der Waals surface area contributed by atoms with Crippen LogP contribution in [0.25, 0.3) is 0 Å². The Morgan fingerprint density at radius 3 is 3.00 bits per heavy atom. The van der Waals surface area contributed by atoms with Gasteiger partial charge in [0.1, 0.15) is 11.5 Å². The Morgan fingerprint density at radius 2 is 2.15 bits per heavy atom. The number of benzene rings is 1. The largest absolute Gasteiger partial charge is 0.461 e. The topological polar surface area (TPSA) is 9.23 Å². The van der Waals surface area contributed by atoms with Crippen LogP contribution in [0.3, 0.4) is 0 Å². The van der Waals surface area contributed by atoms with E-state index in [-0.39, 0.29) is 0 Å². The summed E-state index contributed by atoms with van der Waals surface area (Å²) >= 11 is 0. The van der Waals surface area contributed by atoms with E-state index in [0.717, 1.165) is 17.9 Å². The van der Waals surface area contributed by atoms with Crippen molar-refractivity contribution in [2.24, 2.45) is 0 Å². The van der Waals surface area contributed by atoms with Gasteiger partial charge in [0.15, 0.2) is 0 Å². The summed E-state index contributed by atoms with van der Waals surface area (Å²) in [6.07, 6.45) is 6.61. The summed E-state index contributed by atoms with van der Waals surface area (Å²) in [6, 6.07) is 8.07. The van der Waals surface area contributed by atoms with Crippen molar-refractivity contribution in [3.63, 3.8) is 0 Å². The molecule has 1 aliphatic rings. The van der Waals surface area contributed by atoms with Crippen LogP contribution in [-0.4, -0.2) is 0 Å². The summed E-state index contributed by atoms with van der Waals surface area (Å²) in [4.78, 5) is 0. The van der Waals surface area contributed by atoms with Gasteiger partial charge in [0, 0.05) is 6.42 Å². The maximum atomic E-state index is 5.61. The van der Waals surface area contributed by atoms with E-state index >= 15 is 0 Å². The minimum atomic E-state index is 0.883. The molecule has 1 radical (unpaired) electrons. The van der Waals surface area contributed by atoms with E-state index in [4.69, 9.17) is 4.74 Å². The van der Waals surface area contributed by atoms with Crippen LogP contribution in [0, 0.1) is 6.42 Å². The van der Waals surface area contributed by atoms with E-state index < -0.39 is 0 Å². The van der Waals surface area contributed by atoms with Crippen molar-refractivity contribution >= 4 is 0 Å². The maximum absolute atomic E-state index is 5.61. The van der Waals surface area contributed by atoms with E-state index in [1.165, 1.54) is 5.56 Å². The van der Waals surface area contributed by atoms with Crippen LogP contribution in [0.15, 0.2) is 48.8 Å². The van der Waals surface area contributed by atoms with Crippen LogP contribution in [0.5, 0.6) is 5.75 Å². The number of para-hydroxylation sites is 1. The average Bonchev–Trinajstić information content (AvgIpc) is 2.18. The molecule has 0 aromatic heterocycles. The van der Waals surface area contributed by atoms with Gasteiger partial charge in [0.05, 0.1) is 0 Å². The molecule has 1 heterocycles. The highest BCUT2D eigenvalue weighted by atomic mass is 16.5. The summed E-state index contributed by atoms with van der Waals surface area (Å²) in [6.45, 7) is 3.63. The molecule has 0 unspecified atom stereocenters. The van der Waals surface area contributed by atoms with Gasteiger partial charge in [0.2, 0.25) is 0 Å². The Balaban J connectivity index is 2.22. The number of hydrogen-bond donors (Lipinski definition) is 0. The summed E-state index contributed by atoms with van der Waals surface area (Å²) < 4.78 is 5.61. The predicted octanol–water partition coefficient (Wildman–Crippen LogP) is 2.90. The standard InChI is InChI=1S/C12H11O/c1-2-5-11-9-8-10-6-3-4-7-12(10)13-11/h2-7,9H,1,8H2. The molecule has 0 aliphatic carbocycles. The molecule has 0 spiro atoms. The number of fused-ring (bicyclic) bond motifs is 1. The molecule has 1 aromatic carbocycles. The Hall–Kier alpha value is -1.50. The molecule has 0 atom stereocenters. The fraction of sp³-hybridized carbons (Fsp3) is 0.0833. The van der Waals surface area contributed by atoms with Crippen LogP contribution in [-0.2, 0) is 6.42 Å². The number of ether oxygens (including phenoxy) is 1. The van der Waals surface area contributed by atoms with Gasteiger partial charge in [-0.1, -0.05) is 24.3 Å². The molecule has 1 aliphatic heterocycles. The van der Waals surface area contributed by atoms with Crippen LogP contribution >= 0.6 is 0 Å². The molecular formula is C12H11O. The van der Waals surface area contributed by atoms with Crippen molar-refractivity contribution in [1.29, 1.82) is 0 Å². The third-order valence-electron chi connectivity index (χ3n) is 2.01.